The molecule has 17 heavy (non-hydrogen) atoms. The molecule has 0 radical (unpaired) electrons. The lowest BCUT2D eigenvalue weighted by molar-refractivity contribution is -0.125. The van der Waals surface area contributed by atoms with Crippen molar-refractivity contribution >= 4 is 17.7 Å². The number of nitrogens with two attached hydrogens (primary N) is 1. The van der Waals surface area contributed by atoms with E-state index in [2.05, 4.69) is 10.3 Å². The number of nitrogens with zero attached hydrogens (tertiary/aromatic N) is 1. The summed E-state index contributed by atoms with van der Waals surface area (Å²) < 4.78 is 5.21. The van der Waals surface area contributed by atoms with Gasteiger partial charge in [0.2, 0.25) is 5.91 Å². The molecule has 3 N–H and O–H groups in total. The minimum atomic E-state index is -0.567. The fourth-order valence-electron chi connectivity index (χ4n) is 2.31. The molecule has 0 saturated heterocycles. The zero-order valence-electron chi connectivity index (χ0n) is 9.81. The van der Waals surface area contributed by atoms with Crippen LogP contribution in [-0.4, -0.2) is 28.7 Å². The van der Waals surface area contributed by atoms with Crippen LogP contribution in [0.5, 0.6) is 0 Å². The van der Waals surface area contributed by atoms with E-state index in [1.807, 2.05) is 0 Å². The Bertz CT molecular complexity index is 382. The fraction of sp³-hybridized carbons (Fsp3) is 0.636. The summed E-state index contributed by atoms with van der Waals surface area (Å²) in [5, 5.41) is 4.07. The van der Waals surface area contributed by atoms with Crippen molar-refractivity contribution in [2.24, 2.45) is 5.73 Å². The van der Waals surface area contributed by atoms with Gasteiger partial charge in [0.25, 0.3) is 5.22 Å². The fourth-order valence-corrected chi connectivity index (χ4v) is 3.48. The molecule has 1 amide bonds. The van der Waals surface area contributed by atoms with Gasteiger partial charge in [0.15, 0.2) is 0 Å². The molecule has 1 aromatic heterocycles. The van der Waals surface area contributed by atoms with Gasteiger partial charge in [-0.25, -0.2) is 4.98 Å². The monoisotopic (exact) mass is 255 g/mol. The molecule has 1 aliphatic carbocycles. The number of aromatic nitrogens is 1. The summed E-state index contributed by atoms with van der Waals surface area (Å²) in [6, 6.07) is 0. The minimum absolute atomic E-state index is 0.266. The lowest BCUT2D eigenvalue weighted by Crippen LogP contribution is -2.57. The molecule has 0 bridgehead atoms. The van der Waals surface area contributed by atoms with Crippen LogP contribution >= 0.6 is 11.8 Å². The van der Waals surface area contributed by atoms with Crippen LogP contribution < -0.4 is 11.1 Å². The summed E-state index contributed by atoms with van der Waals surface area (Å²) in [5.74, 6) is -0.266. The molecule has 1 aliphatic rings. The summed E-state index contributed by atoms with van der Waals surface area (Å²) in [6.07, 6.45) is 6.77. The zero-order chi connectivity index (χ0) is 12.3. The second-order valence-corrected chi connectivity index (χ2v) is 5.58. The number of primary amides is 1. The first-order valence-corrected chi connectivity index (χ1v) is 6.59. The van der Waals surface area contributed by atoms with E-state index in [0.717, 1.165) is 25.7 Å². The van der Waals surface area contributed by atoms with E-state index in [0.29, 0.717) is 10.5 Å². The highest BCUT2D eigenvalue weighted by molar-refractivity contribution is 7.99. The van der Waals surface area contributed by atoms with Crippen LogP contribution in [0, 0.1) is 0 Å². The third-order valence-electron chi connectivity index (χ3n) is 3.33. The van der Waals surface area contributed by atoms with E-state index in [9.17, 15) is 4.79 Å². The highest BCUT2D eigenvalue weighted by Gasteiger charge is 2.40. The Labute approximate surface area is 105 Å². The van der Waals surface area contributed by atoms with Gasteiger partial charge in [-0.1, -0.05) is 11.8 Å². The standard InChI is InChI=1S/C11H17N3O2S/c1-13-11(9(12)15)4-2-3-8(7-11)17-10-14-5-6-16-10/h5-6,8,13H,2-4,7H2,1H3,(H2,12,15). The van der Waals surface area contributed by atoms with Crippen LogP contribution in [0.4, 0.5) is 0 Å². The molecule has 94 valence electrons. The van der Waals surface area contributed by atoms with Crippen LogP contribution in [0.25, 0.3) is 0 Å². The third-order valence-corrected chi connectivity index (χ3v) is 4.47. The number of nitrogens with one attached hydrogen (secondary N) is 1. The third kappa shape index (κ3) is 2.63. The molecule has 0 aromatic carbocycles. The first-order valence-electron chi connectivity index (χ1n) is 5.71. The molecule has 1 saturated carbocycles. The number of hydrogen-bond donors (Lipinski definition) is 2. The van der Waals surface area contributed by atoms with Gasteiger partial charge in [0.05, 0.1) is 11.7 Å². The lowest BCUT2D eigenvalue weighted by atomic mass is 9.81. The van der Waals surface area contributed by atoms with Crippen molar-refractivity contribution in [1.82, 2.24) is 10.3 Å². The minimum Gasteiger partial charge on any atom is -0.440 e. The Morgan fingerprint density at radius 1 is 1.76 bits per heavy atom. The van der Waals surface area contributed by atoms with E-state index < -0.39 is 5.54 Å². The van der Waals surface area contributed by atoms with Gasteiger partial charge in [-0.2, -0.15) is 0 Å². The van der Waals surface area contributed by atoms with Gasteiger partial charge in [-0.3, -0.25) is 4.79 Å². The van der Waals surface area contributed by atoms with Crippen molar-refractivity contribution in [3.63, 3.8) is 0 Å². The molecule has 6 heteroatoms. The van der Waals surface area contributed by atoms with Gasteiger partial charge in [0, 0.05) is 5.25 Å². The van der Waals surface area contributed by atoms with Crippen molar-refractivity contribution < 1.29 is 9.21 Å². The molecular formula is C11H17N3O2S. The molecule has 2 unspecified atom stereocenters. The van der Waals surface area contributed by atoms with Crippen LogP contribution in [0.3, 0.4) is 0 Å². The molecule has 0 spiro atoms. The van der Waals surface area contributed by atoms with E-state index >= 15 is 0 Å². The first-order chi connectivity index (χ1) is 8.16. The Morgan fingerprint density at radius 2 is 2.59 bits per heavy atom. The molecular weight excluding hydrogens is 238 g/mol. The highest BCUT2D eigenvalue weighted by atomic mass is 32.2. The van der Waals surface area contributed by atoms with Crippen LogP contribution in [-0.2, 0) is 4.79 Å². The summed E-state index contributed by atoms with van der Waals surface area (Å²) in [4.78, 5) is 15.7. The Hall–Kier alpha value is -1.01. The molecule has 0 aliphatic heterocycles. The lowest BCUT2D eigenvalue weighted by Gasteiger charge is -2.37. The number of rotatable bonds is 4. The van der Waals surface area contributed by atoms with Gasteiger partial charge in [-0.05, 0) is 32.7 Å². The number of likely N-dealkylation sites (N-methyl/N-ethyl adjacent to an activating group) is 1. The van der Waals surface area contributed by atoms with E-state index in [1.165, 1.54) is 0 Å². The molecule has 2 atom stereocenters. The van der Waals surface area contributed by atoms with Crippen LogP contribution in [0.2, 0.25) is 0 Å². The van der Waals surface area contributed by atoms with Gasteiger partial charge >= 0.3 is 0 Å². The maximum Gasteiger partial charge on any atom is 0.255 e. The zero-order valence-corrected chi connectivity index (χ0v) is 10.6. The summed E-state index contributed by atoms with van der Waals surface area (Å²) in [6.45, 7) is 0. The number of carbonyl (C=O) groups excluding carboxylic acids is 1. The van der Waals surface area contributed by atoms with E-state index in [-0.39, 0.29) is 5.91 Å². The summed E-state index contributed by atoms with van der Waals surface area (Å²) >= 11 is 1.58. The summed E-state index contributed by atoms with van der Waals surface area (Å²) in [7, 11) is 1.79. The number of hydrogen-bond acceptors (Lipinski definition) is 5. The van der Waals surface area contributed by atoms with Gasteiger partial charge < -0.3 is 15.5 Å². The average molecular weight is 255 g/mol. The molecule has 5 nitrogen and oxygen atoms in total. The molecule has 2 rings (SSSR count). The number of oxazole rings is 1. The Morgan fingerprint density at radius 3 is 3.18 bits per heavy atom. The van der Waals surface area contributed by atoms with Crippen molar-refractivity contribution in [1.29, 1.82) is 0 Å². The molecule has 1 aromatic rings. The van der Waals surface area contributed by atoms with E-state index in [1.54, 1.807) is 31.3 Å². The molecule has 1 heterocycles. The Balaban J connectivity index is 2.03. The number of amides is 1. The van der Waals surface area contributed by atoms with Crippen molar-refractivity contribution in [2.75, 3.05) is 7.05 Å². The predicted octanol–water partition coefficient (Wildman–Crippen LogP) is 1.15. The van der Waals surface area contributed by atoms with Gasteiger partial charge in [-0.15, -0.1) is 0 Å². The topological polar surface area (TPSA) is 81.1 Å². The number of carbonyl (C=O) groups is 1. The smallest absolute Gasteiger partial charge is 0.255 e. The highest BCUT2D eigenvalue weighted by Crippen LogP contribution is 2.37. The second kappa shape index (κ2) is 5.10. The average Bonchev–Trinajstić information content (AvgIpc) is 2.82. The maximum atomic E-state index is 11.6. The quantitative estimate of drug-likeness (QED) is 0.843. The van der Waals surface area contributed by atoms with Crippen molar-refractivity contribution in [2.45, 2.75) is 41.7 Å². The van der Waals surface area contributed by atoms with E-state index in [4.69, 9.17) is 10.2 Å². The van der Waals surface area contributed by atoms with Crippen molar-refractivity contribution in [3.8, 4) is 0 Å². The largest absolute Gasteiger partial charge is 0.440 e. The number of thioether (sulfide) groups is 1. The maximum absolute atomic E-state index is 11.6. The van der Waals surface area contributed by atoms with Crippen LogP contribution in [0.15, 0.2) is 22.1 Å². The van der Waals surface area contributed by atoms with Crippen LogP contribution in [0.1, 0.15) is 25.7 Å². The van der Waals surface area contributed by atoms with Crippen molar-refractivity contribution in [3.05, 3.63) is 12.5 Å². The normalized spacial score (nSPS) is 29.1. The van der Waals surface area contributed by atoms with Gasteiger partial charge in [0.1, 0.15) is 6.26 Å². The second-order valence-electron chi connectivity index (χ2n) is 4.33. The summed E-state index contributed by atoms with van der Waals surface area (Å²) in [5.41, 5.74) is 4.93. The molecule has 1 fully saturated rings. The first kappa shape index (κ1) is 12.4. The Kier molecular flexibility index (Phi) is 3.73. The predicted molar refractivity (Wildman–Crippen MR) is 65.6 cm³/mol. The SMILES string of the molecule is CNC1(C(N)=O)CCCC(Sc2ncco2)C1.